The maximum Gasteiger partial charge on any atom is 0.345 e. The van der Waals surface area contributed by atoms with E-state index in [2.05, 4.69) is 11.1 Å². The number of quaternary nitrogens is 1. The first-order chi connectivity index (χ1) is 14.4. The molecule has 0 saturated heterocycles. The molecule has 0 spiro atoms. The highest BCUT2D eigenvalue weighted by molar-refractivity contribution is 7.80. The quantitative estimate of drug-likeness (QED) is 0.134. The summed E-state index contributed by atoms with van der Waals surface area (Å²) < 4.78 is 30.9. The van der Waals surface area contributed by atoms with Crippen LogP contribution in [0.2, 0.25) is 0 Å². The molecule has 2 unspecified atom stereocenters. The summed E-state index contributed by atoms with van der Waals surface area (Å²) in [6.07, 6.45) is 10.1. The minimum Gasteiger partial charge on any atom is -0.726 e. The number of carbonyl (C=O) groups is 1. The molecule has 0 aromatic heterocycles. The van der Waals surface area contributed by atoms with E-state index in [0.717, 1.165) is 32.8 Å². The van der Waals surface area contributed by atoms with Gasteiger partial charge in [0.05, 0.1) is 27.4 Å². The topological polar surface area (TPSA) is 144 Å². The predicted octanol–water partition coefficient (Wildman–Crippen LogP) is 1.96. The van der Waals surface area contributed by atoms with Gasteiger partial charge in [0.15, 0.2) is 5.60 Å². The first-order valence-corrected chi connectivity index (χ1v) is 12.5. The minimum atomic E-state index is -4.41. The lowest BCUT2D eigenvalue weighted by atomic mass is 9.81. The number of nitrogens with zero attached hydrogens (tertiary/aromatic N) is 1. The number of aliphatic hydroxyl groups excluding tert-OH is 2. The zero-order valence-corrected chi connectivity index (χ0v) is 20.8. The van der Waals surface area contributed by atoms with Crippen LogP contribution in [-0.4, -0.2) is 84.7 Å². The Hall–Kier alpha value is -0.620. The van der Waals surface area contributed by atoms with E-state index < -0.39 is 16.0 Å². The van der Waals surface area contributed by atoms with Crippen molar-refractivity contribution in [3.8, 4) is 0 Å². The Morgan fingerprint density at radius 2 is 1.45 bits per heavy atom. The summed E-state index contributed by atoms with van der Waals surface area (Å²) in [6.45, 7) is 5.96. The standard InChI is InChI=1S/C20H42NO4.CH4O4S/c1-5-7-8-9-10-11-12-13-18(6-2)20(3,25)19(24)21(4,14-16-22)15-17-23;1-5-6(2,3)4/h18,22-23,25H,5-17H2,1-4H3;1H3,(H,2,3,4)/q+1;/p-1. The fraction of sp³-hybridized carbons (Fsp3) is 0.952. The van der Waals surface area contributed by atoms with Crippen molar-refractivity contribution in [2.75, 3.05) is 40.5 Å². The smallest absolute Gasteiger partial charge is 0.345 e. The van der Waals surface area contributed by atoms with Crippen LogP contribution in [0.3, 0.4) is 0 Å². The third-order valence-corrected chi connectivity index (χ3v) is 6.17. The molecule has 0 bridgehead atoms. The fourth-order valence-electron chi connectivity index (χ4n) is 3.71. The Morgan fingerprint density at radius 3 is 1.81 bits per heavy atom. The van der Waals surface area contributed by atoms with Gasteiger partial charge < -0.3 is 19.9 Å². The summed E-state index contributed by atoms with van der Waals surface area (Å²) in [5, 5.41) is 29.5. The third-order valence-electron chi connectivity index (χ3n) is 5.76. The van der Waals surface area contributed by atoms with E-state index in [1.165, 1.54) is 32.1 Å². The van der Waals surface area contributed by atoms with Crippen LogP contribution in [0.15, 0.2) is 0 Å². The van der Waals surface area contributed by atoms with Crippen LogP contribution in [0.5, 0.6) is 0 Å². The van der Waals surface area contributed by atoms with Crippen LogP contribution in [0.1, 0.15) is 78.6 Å². The molecule has 188 valence electrons. The molecule has 31 heavy (non-hydrogen) atoms. The Bertz CT molecular complexity index is 560. The predicted molar refractivity (Wildman–Crippen MR) is 119 cm³/mol. The molecule has 0 aliphatic heterocycles. The van der Waals surface area contributed by atoms with Gasteiger partial charge in [-0.05, 0) is 19.8 Å². The van der Waals surface area contributed by atoms with E-state index in [1.807, 2.05) is 6.92 Å². The first kappa shape index (κ1) is 32.6. The average Bonchev–Trinajstić information content (AvgIpc) is 2.69. The Labute approximate surface area is 189 Å². The number of hydrogen-bond acceptors (Lipinski definition) is 8. The largest absolute Gasteiger partial charge is 0.726 e. The molecule has 0 rings (SSSR count). The molecule has 0 aliphatic carbocycles. The van der Waals surface area contributed by atoms with Crippen molar-refractivity contribution in [2.45, 2.75) is 84.2 Å². The van der Waals surface area contributed by atoms with Gasteiger partial charge in [-0.15, -0.1) is 0 Å². The van der Waals surface area contributed by atoms with Gasteiger partial charge in [-0.3, -0.25) is 8.67 Å². The number of carbonyl (C=O) groups excluding carboxylic acids is 1. The minimum absolute atomic E-state index is 0.0922. The van der Waals surface area contributed by atoms with Gasteiger partial charge in [0.25, 0.3) is 0 Å². The van der Waals surface area contributed by atoms with Crippen LogP contribution >= 0.6 is 0 Å². The zero-order chi connectivity index (χ0) is 24.6. The van der Waals surface area contributed by atoms with Gasteiger partial charge in [0, 0.05) is 5.92 Å². The maximum absolute atomic E-state index is 13.0. The monoisotopic (exact) mass is 471 g/mol. The van der Waals surface area contributed by atoms with E-state index in [9.17, 15) is 33.1 Å². The van der Waals surface area contributed by atoms with E-state index in [-0.39, 0.29) is 42.6 Å². The molecule has 0 saturated carbocycles. The molecule has 2 atom stereocenters. The van der Waals surface area contributed by atoms with Crippen molar-refractivity contribution in [3.05, 3.63) is 0 Å². The van der Waals surface area contributed by atoms with Gasteiger partial charge in [-0.1, -0.05) is 58.8 Å². The van der Waals surface area contributed by atoms with Gasteiger partial charge in [0.1, 0.15) is 13.1 Å². The highest BCUT2D eigenvalue weighted by Crippen LogP contribution is 2.30. The number of hydrogen-bond donors (Lipinski definition) is 3. The molecule has 3 N–H and O–H groups in total. The second-order valence-electron chi connectivity index (χ2n) is 8.33. The van der Waals surface area contributed by atoms with E-state index in [4.69, 9.17) is 0 Å². The van der Waals surface area contributed by atoms with Gasteiger partial charge in [0.2, 0.25) is 10.4 Å². The number of unbranched alkanes of at least 4 members (excludes halogenated alkanes) is 6. The Morgan fingerprint density at radius 1 is 1.03 bits per heavy atom. The van der Waals surface area contributed by atoms with E-state index >= 15 is 0 Å². The molecule has 10 heteroatoms. The van der Waals surface area contributed by atoms with Crippen LogP contribution in [0.25, 0.3) is 0 Å². The molecule has 0 aliphatic rings. The van der Waals surface area contributed by atoms with Crippen molar-refractivity contribution >= 4 is 16.3 Å². The maximum atomic E-state index is 13.0. The SMILES string of the molecule is CCCCCCCCCC(CC)C(C)(O)C(=O)[N+](C)(CCO)CCO.COS(=O)(=O)[O-]. The summed E-state index contributed by atoms with van der Waals surface area (Å²) >= 11 is 0. The molecule has 0 heterocycles. The molecule has 0 radical (unpaired) electrons. The summed E-state index contributed by atoms with van der Waals surface area (Å²) in [4.78, 5) is 13.0. The lowest BCUT2D eigenvalue weighted by Crippen LogP contribution is -2.62. The molecular formula is C21H45NO8S. The fourth-order valence-corrected chi connectivity index (χ4v) is 3.71. The Balaban J connectivity index is 0. The van der Waals surface area contributed by atoms with Crippen LogP contribution in [-0.2, 0) is 19.4 Å². The van der Waals surface area contributed by atoms with Gasteiger partial charge >= 0.3 is 5.91 Å². The zero-order valence-electron chi connectivity index (χ0n) is 20.0. The number of rotatable bonds is 16. The summed E-state index contributed by atoms with van der Waals surface area (Å²) in [6, 6.07) is 0. The van der Waals surface area contributed by atoms with Gasteiger partial charge in [-0.2, -0.15) is 0 Å². The lowest BCUT2D eigenvalue weighted by Gasteiger charge is -2.39. The molecule has 9 nitrogen and oxygen atoms in total. The van der Waals surface area contributed by atoms with Gasteiger partial charge in [-0.25, -0.2) is 13.2 Å². The number of amides is 1. The van der Waals surface area contributed by atoms with Crippen molar-refractivity contribution in [1.29, 1.82) is 0 Å². The Kier molecular flexibility index (Phi) is 17.8. The second-order valence-corrected chi connectivity index (χ2v) is 9.48. The average molecular weight is 472 g/mol. The molecule has 1 amide bonds. The number of aliphatic hydroxyl groups is 3. The van der Waals surface area contributed by atoms with E-state index in [1.54, 1.807) is 14.0 Å². The van der Waals surface area contributed by atoms with E-state index in [0.29, 0.717) is 0 Å². The second kappa shape index (κ2) is 16.9. The molecule has 0 aromatic carbocycles. The summed E-state index contributed by atoms with van der Waals surface area (Å²) in [7, 11) is -1.92. The van der Waals surface area contributed by atoms with Crippen molar-refractivity contribution in [3.63, 3.8) is 0 Å². The normalized spacial score (nSPS) is 15.0. The molecule has 0 aromatic rings. The number of likely N-dealkylation sites (N-methyl/N-ethyl adjacent to an activating group) is 1. The highest BCUT2D eigenvalue weighted by Gasteiger charge is 2.48. The van der Waals surface area contributed by atoms with Crippen LogP contribution < -0.4 is 0 Å². The summed E-state index contributed by atoms with van der Waals surface area (Å²) in [5.74, 6) is -0.393. The van der Waals surface area contributed by atoms with Crippen LogP contribution in [0, 0.1) is 5.92 Å². The van der Waals surface area contributed by atoms with Crippen molar-refractivity contribution in [2.24, 2.45) is 5.92 Å². The summed E-state index contributed by atoms with van der Waals surface area (Å²) in [5.41, 5.74) is -1.43. The molecule has 0 fully saturated rings. The third kappa shape index (κ3) is 14.2. The van der Waals surface area contributed by atoms with Crippen molar-refractivity contribution in [1.82, 2.24) is 0 Å². The highest BCUT2D eigenvalue weighted by atomic mass is 32.3. The lowest BCUT2D eigenvalue weighted by molar-refractivity contribution is -0.839. The van der Waals surface area contributed by atoms with Crippen molar-refractivity contribution < 1.29 is 41.8 Å². The van der Waals surface area contributed by atoms with Crippen LogP contribution in [0.4, 0.5) is 0 Å². The first-order valence-electron chi connectivity index (χ1n) is 11.2. The molecular weight excluding hydrogens is 426 g/mol.